The second kappa shape index (κ2) is 10.6. The van der Waals surface area contributed by atoms with E-state index in [9.17, 15) is 79.4 Å². The van der Waals surface area contributed by atoms with Crippen molar-refractivity contribution in [3.05, 3.63) is 0 Å². The average molecular weight is 611 g/mol. The molecule has 0 saturated heterocycles. The monoisotopic (exact) mass is 611 g/mol. The molecule has 0 aromatic rings. The number of aliphatic hydroxyl groups excluding tert-OH is 4. The van der Waals surface area contributed by atoms with Crippen LogP contribution in [0.3, 0.4) is 0 Å². The highest BCUT2D eigenvalue weighted by atomic mass is 19.4. The number of rotatable bonds is 13. The lowest BCUT2D eigenvalue weighted by Gasteiger charge is -2.43. The van der Waals surface area contributed by atoms with Gasteiger partial charge in [-0.3, -0.25) is 4.79 Å². The summed E-state index contributed by atoms with van der Waals surface area (Å²) in [7, 11) is 0. The van der Waals surface area contributed by atoms with Crippen LogP contribution < -0.4 is 0 Å². The summed E-state index contributed by atoms with van der Waals surface area (Å²) in [6.07, 6.45) is -12.8. The smallest absolute Gasteiger partial charge is 0.394 e. The molecule has 0 radical (unpaired) electrons. The molecule has 0 spiro atoms. The molecule has 0 aliphatic rings. The third-order valence-corrected chi connectivity index (χ3v) is 4.56. The van der Waals surface area contributed by atoms with E-state index in [2.05, 4.69) is 0 Å². The summed E-state index contributed by atoms with van der Waals surface area (Å²) in [5.41, 5.74) is 0. The number of halogens is 17. The van der Waals surface area contributed by atoms with Crippen LogP contribution in [0.25, 0.3) is 0 Å². The van der Waals surface area contributed by atoms with Crippen molar-refractivity contribution in [3.63, 3.8) is 0 Å². The minimum atomic E-state index is -8.88. The number of nitrogens with zero attached hydrogens (tertiary/aromatic N) is 1. The van der Waals surface area contributed by atoms with Crippen molar-refractivity contribution in [2.75, 3.05) is 26.3 Å². The maximum Gasteiger partial charge on any atom is 0.460 e. The summed E-state index contributed by atoms with van der Waals surface area (Å²) < 4.78 is 226. The van der Waals surface area contributed by atoms with E-state index >= 15 is 0 Å². The van der Waals surface area contributed by atoms with Crippen LogP contribution in [0.2, 0.25) is 0 Å². The average Bonchev–Trinajstić information content (AvgIpc) is 2.75. The van der Waals surface area contributed by atoms with Gasteiger partial charge in [0.25, 0.3) is 5.91 Å². The zero-order chi connectivity index (χ0) is 31.1. The molecule has 0 aliphatic heterocycles. The molecule has 2 atom stereocenters. The standard InChI is InChI=1S/C15H14F17NO5/c16-8(17,7(38)33(1-5(36)3-34)2-6(37)4-35)9(18,19)10(20,21)11(22,23)12(24,25)13(26,27)14(28,29)15(30,31)32/h5-6,34-37H,1-4H2. The topological polar surface area (TPSA) is 101 Å². The summed E-state index contributed by atoms with van der Waals surface area (Å²) in [5.74, 6) is -63.1. The van der Waals surface area contributed by atoms with Crippen LogP contribution in [0.5, 0.6) is 0 Å². The first-order valence-electron chi connectivity index (χ1n) is 9.05. The lowest BCUT2D eigenvalue weighted by molar-refractivity contribution is -0.459. The molecule has 23 heteroatoms. The van der Waals surface area contributed by atoms with E-state index in [-0.39, 0.29) is 0 Å². The molecule has 0 heterocycles. The Kier molecular flexibility index (Phi) is 10.1. The van der Waals surface area contributed by atoms with Crippen molar-refractivity contribution in [3.8, 4) is 0 Å². The molecule has 0 aromatic carbocycles. The van der Waals surface area contributed by atoms with E-state index in [1.807, 2.05) is 0 Å². The van der Waals surface area contributed by atoms with Crippen LogP contribution in [-0.2, 0) is 4.79 Å². The molecule has 0 fully saturated rings. The highest BCUT2D eigenvalue weighted by Gasteiger charge is 2.95. The van der Waals surface area contributed by atoms with E-state index in [0.717, 1.165) is 0 Å². The summed E-state index contributed by atoms with van der Waals surface area (Å²) in [4.78, 5) is 10.7. The fourth-order valence-corrected chi connectivity index (χ4v) is 2.36. The van der Waals surface area contributed by atoms with Gasteiger partial charge in [-0.25, -0.2) is 0 Å². The first-order valence-corrected chi connectivity index (χ1v) is 9.05. The number of aliphatic hydroxyl groups is 4. The van der Waals surface area contributed by atoms with Gasteiger partial charge in [-0.15, -0.1) is 0 Å². The van der Waals surface area contributed by atoms with Gasteiger partial charge in [0.05, 0.1) is 25.4 Å². The number of amides is 1. The normalized spacial score (nSPS) is 16.9. The van der Waals surface area contributed by atoms with Gasteiger partial charge in [-0.05, 0) is 0 Å². The lowest BCUT2D eigenvalue weighted by Crippen LogP contribution is -2.75. The quantitative estimate of drug-likeness (QED) is 0.240. The molecular weight excluding hydrogens is 597 g/mol. The van der Waals surface area contributed by atoms with E-state index in [1.165, 1.54) is 0 Å². The minimum Gasteiger partial charge on any atom is -0.394 e. The van der Waals surface area contributed by atoms with Crippen LogP contribution in [-0.4, -0.2) is 117 Å². The Balaban J connectivity index is 6.87. The van der Waals surface area contributed by atoms with E-state index in [4.69, 9.17) is 20.4 Å². The summed E-state index contributed by atoms with van der Waals surface area (Å²) in [5, 5.41) is 35.4. The molecule has 4 N–H and O–H groups in total. The van der Waals surface area contributed by atoms with Crippen LogP contribution in [0.15, 0.2) is 0 Å². The summed E-state index contributed by atoms with van der Waals surface area (Å²) in [6.45, 7) is -6.79. The number of hydrogen-bond donors (Lipinski definition) is 4. The maximum absolute atomic E-state index is 14.1. The van der Waals surface area contributed by atoms with Gasteiger partial charge in [-0.2, -0.15) is 74.6 Å². The molecule has 38 heavy (non-hydrogen) atoms. The predicted octanol–water partition coefficient (Wildman–Crippen LogP) is 2.53. The Morgan fingerprint density at radius 3 is 1.05 bits per heavy atom. The zero-order valence-electron chi connectivity index (χ0n) is 17.6. The largest absolute Gasteiger partial charge is 0.460 e. The fourth-order valence-electron chi connectivity index (χ4n) is 2.36. The summed E-state index contributed by atoms with van der Waals surface area (Å²) in [6, 6.07) is 0. The van der Waals surface area contributed by atoms with Crippen molar-refractivity contribution in [2.24, 2.45) is 0 Å². The maximum atomic E-state index is 14.1. The first-order chi connectivity index (χ1) is 16.5. The molecule has 1 amide bonds. The number of hydrogen-bond acceptors (Lipinski definition) is 5. The molecule has 0 rings (SSSR count). The van der Waals surface area contributed by atoms with E-state index in [0.29, 0.717) is 0 Å². The summed E-state index contributed by atoms with van der Waals surface area (Å²) >= 11 is 0. The third kappa shape index (κ3) is 5.42. The van der Waals surface area contributed by atoms with Crippen molar-refractivity contribution in [2.45, 2.75) is 59.8 Å². The molecule has 0 saturated carbocycles. The molecule has 228 valence electrons. The Morgan fingerprint density at radius 2 is 0.789 bits per heavy atom. The highest BCUT2D eigenvalue weighted by Crippen LogP contribution is 2.64. The second-order valence-corrected chi connectivity index (χ2v) is 7.40. The van der Waals surface area contributed by atoms with Crippen molar-refractivity contribution < 1.29 is 99.9 Å². The fraction of sp³-hybridized carbons (Fsp3) is 0.933. The van der Waals surface area contributed by atoms with Gasteiger partial charge in [0, 0.05) is 13.1 Å². The molecular formula is C15H14F17NO5. The Bertz CT molecular complexity index is 819. The SMILES string of the molecule is O=C(N(CC(O)CO)CC(O)CO)C(F)(F)C(F)(F)C(F)(F)C(F)(F)C(F)(F)C(F)(F)C(F)(F)C(F)(F)F. The highest BCUT2D eigenvalue weighted by molar-refractivity contribution is 5.85. The third-order valence-electron chi connectivity index (χ3n) is 4.56. The van der Waals surface area contributed by atoms with Gasteiger partial charge in [0.15, 0.2) is 0 Å². The Hall–Kier alpha value is -1.88. The second-order valence-electron chi connectivity index (χ2n) is 7.40. The van der Waals surface area contributed by atoms with Crippen LogP contribution in [0.4, 0.5) is 74.6 Å². The Labute approximate surface area is 198 Å². The predicted molar refractivity (Wildman–Crippen MR) is 83.4 cm³/mol. The molecule has 0 aromatic heterocycles. The van der Waals surface area contributed by atoms with Crippen LogP contribution in [0.1, 0.15) is 0 Å². The number of alkyl halides is 17. The molecule has 6 nitrogen and oxygen atoms in total. The molecule has 2 unspecified atom stereocenters. The van der Waals surface area contributed by atoms with Gasteiger partial charge in [0.1, 0.15) is 0 Å². The van der Waals surface area contributed by atoms with Crippen molar-refractivity contribution >= 4 is 5.91 Å². The van der Waals surface area contributed by atoms with Gasteiger partial charge in [0.2, 0.25) is 0 Å². The Morgan fingerprint density at radius 1 is 0.526 bits per heavy atom. The van der Waals surface area contributed by atoms with E-state index in [1.54, 1.807) is 0 Å². The van der Waals surface area contributed by atoms with Crippen LogP contribution >= 0.6 is 0 Å². The first kappa shape index (κ1) is 36.1. The van der Waals surface area contributed by atoms with E-state index < -0.39 is 97.0 Å². The van der Waals surface area contributed by atoms with Gasteiger partial charge in [-0.1, -0.05) is 0 Å². The zero-order valence-corrected chi connectivity index (χ0v) is 17.6. The minimum absolute atomic E-state index is 1.02. The number of carbonyl (C=O) groups is 1. The van der Waals surface area contributed by atoms with Gasteiger partial charge < -0.3 is 25.3 Å². The lowest BCUT2D eigenvalue weighted by atomic mass is 9.88. The number of carbonyl (C=O) groups excluding carboxylic acids is 1. The van der Waals surface area contributed by atoms with Crippen LogP contribution in [0, 0.1) is 0 Å². The molecule has 0 bridgehead atoms. The molecule has 0 aliphatic carbocycles. The van der Waals surface area contributed by atoms with Crippen molar-refractivity contribution in [1.82, 2.24) is 4.90 Å². The van der Waals surface area contributed by atoms with Gasteiger partial charge >= 0.3 is 47.6 Å². The van der Waals surface area contributed by atoms with Crippen molar-refractivity contribution in [1.29, 1.82) is 0 Å².